The molecule has 0 radical (unpaired) electrons. The van der Waals surface area contributed by atoms with E-state index in [9.17, 15) is 9.18 Å². The van der Waals surface area contributed by atoms with Gasteiger partial charge in [-0.05, 0) is 32.6 Å². The molecule has 2 rings (SSSR count). The number of hydrogen-bond donors (Lipinski definition) is 1. The minimum Gasteiger partial charge on any atom is -0.442 e. The second kappa shape index (κ2) is 5.49. The number of rotatable bonds is 2. The number of halogens is 1. The van der Waals surface area contributed by atoms with E-state index in [1.54, 1.807) is 11.8 Å². The first-order valence-corrected chi connectivity index (χ1v) is 6.22. The summed E-state index contributed by atoms with van der Waals surface area (Å²) in [6.45, 7) is 3.72. The molecule has 4 nitrogen and oxygen atoms in total. The quantitative estimate of drug-likeness (QED) is 0.807. The third-order valence-corrected chi connectivity index (χ3v) is 3.33. The molecule has 96 valence electrons. The van der Waals surface area contributed by atoms with Crippen LogP contribution in [0.25, 0.3) is 0 Å². The van der Waals surface area contributed by atoms with Gasteiger partial charge in [-0.3, -0.25) is 10.2 Å². The zero-order valence-corrected chi connectivity index (χ0v) is 10.2. The van der Waals surface area contributed by atoms with Gasteiger partial charge in [-0.25, -0.2) is 9.18 Å². The van der Waals surface area contributed by atoms with E-state index in [0.717, 1.165) is 19.4 Å². The van der Waals surface area contributed by atoms with Gasteiger partial charge in [0.05, 0.1) is 6.67 Å². The van der Waals surface area contributed by atoms with E-state index in [-0.39, 0.29) is 11.9 Å². The normalized spacial score (nSPS) is 22.8. The molecule has 1 fully saturated rings. The Hall–Kier alpha value is -1.10. The molecule has 1 saturated heterocycles. The fraction of sp³-hybridized carbons (Fsp3) is 0.750. The summed E-state index contributed by atoms with van der Waals surface area (Å²) in [7, 11) is 0. The first-order valence-electron chi connectivity index (χ1n) is 6.22. The van der Waals surface area contributed by atoms with Gasteiger partial charge >= 0.3 is 6.09 Å². The molecule has 0 saturated carbocycles. The predicted molar refractivity (Wildman–Crippen MR) is 62.1 cm³/mol. The maximum atomic E-state index is 13.6. The molecule has 0 bridgehead atoms. The number of hydrogen-bond acceptors (Lipinski definition) is 3. The van der Waals surface area contributed by atoms with Crippen molar-refractivity contribution in [2.24, 2.45) is 0 Å². The maximum Gasteiger partial charge on any atom is 0.411 e. The highest BCUT2D eigenvalue weighted by Crippen LogP contribution is 2.29. The first kappa shape index (κ1) is 12.4. The summed E-state index contributed by atoms with van der Waals surface area (Å²) in [4.78, 5) is 13.3. The summed E-state index contributed by atoms with van der Waals surface area (Å²) >= 11 is 0. The Morgan fingerprint density at radius 1 is 1.47 bits per heavy atom. The van der Waals surface area contributed by atoms with Crippen LogP contribution in [0, 0.1) is 0 Å². The van der Waals surface area contributed by atoms with Crippen molar-refractivity contribution in [3.63, 3.8) is 0 Å². The summed E-state index contributed by atoms with van der Waals surface area (Å²) in [6, 6.07) is 0. The van der Waals surface area contributed by atoms with Gasteiger partial charge in [-0.1, -0.05) is 0 Å². The molecular formula is C12H19FN2O2. The van der Waals surface area contributed by atoms with Crippen LogP contribution in [0.3, 0.4) is 0 Å². The molecule has 0 aromatic heterocycles. The Bertz CT molecular complexity index is 324. The number of carbonyl (C=O) groups is 1. The molecule has 17 heavy (non-hydrogen) atoms. The monoisotopic (exact) mass is 242 g/mol. The Kier molecular flexibility index (Phi) is 3.99. The lowest BCUT2D eigenvalue weighted by Crippen LogP contribution is -2.33. The lowest BCUT2D eigenvalue weighted by molar-refractivity contribution is 0.0861. The summed E-state index contributed by atoms with van der Waals surface area (Å²) in [6.07, 6.45) is 2.28. The molecule has 1 N–H and O–H groups in total. The van der Waals surface area contributed by atoms with Gasteiger partial charge in [0.15, 0.2) is 0 Å². The van der Waals surface area contributed by atoms with Gasteiger partial charge in [-0.2, -0.15) is 0 Å². The predicted octanol–water partition coefficient (Wildman–Crippen LogP) is 2.17. The second-order valence-corrected chi connectivity index (χ2v) is 4.58. The third kappa shape index (κ3) is 2.97. The summed E-state index contributed by atoms with van der Waals surface area (Å²) in [5.74, 6) is -0.0869. The first-order chi connectivity index (χ1) is 8.18. The van der Waals surface area contributed by atoms with Gasteiger partial charge in [0.2, 0.25) is 0 Å². The van der Waals surface area contributed by atoms with Gasteiger partial charge in [0, 0.05) is 18.7 Å². The van der Waals surface area contributed by atoms with Gasteiger partial charge in [0.25, 0.3) is 0 Å². The highest BCUT2D eigenvalue weighted by Gasteiger charge is 2.25. The van der Waals surface area contributed by atoms with E-state index in [0.29, 0.717) is 31.6 Å². The second-order valence-electron chi connectivity index (χ2n) is 4.58. The molecule has 1 aliphatic carbocycles. The molecule has 1 aliphatic heterocycles. The van der Waals surface area contributed by atoms with Crippen molar-refractivity contribution in [1.82, 2.24) is 10.2 Å². The van der Waals surface area contributed by atoms with Crippen LogP contribution in [0.4, 0.5) is 9.18 Å². The van der Waals surface area contributed by atoms with Gasteiger partial charge in [0.1, 0.15) is 11.9 Å². The van der Waals surface area contributed by atoms with Crippen molar-refractivity contribution in [1.29, 1.82) is 0 Å². The largest absolute Gasteiger partial charge is 0.442 e. The molecule has 1 unspecified atom stereocenters. The molecule has 0 aromatic carbocycles. The Labute approximate surface area is 101 Å². The fourth-order valence-corrected chi connectivity index (χ4v) is 2.28. The van der Waals surface area contributed by atoms with E-state index >= 15 is 0 Å². The Balaban J connectivity index is 1.91. The summed E-state index contributed by atoms with van der Waals surface area (Å²) in [5.41, 5.74) is 0.664. The molecule has 0 spiro atoms. The van der Waals surface area contributed by atoms with Crippen molar-refractivity contribution >= 4 is 6.09 Å². The zero-order chi connectivity index (χ0) is 12.3. The topological polar surface area (TPSA) is 41.6 Å². The molecule has 1 heterocycles. The van der Waals surface area contributed by atoms with E-state index < -0.39 is 6.10 Å². The van der Waals surface area contributed by atoms with Crippen LogP contribution < -0.4 is 5.32 Å². The highest BCUT2D eigenvalue weighted by molar-refractivity contribution is 5.68. The van der Waals surface area contributed by atoms with Crippen LogP contribution in [-0.4, -0.2) is 36.9 Å². The SMILES string of the molecule is CC(OC(=O)N1CCNC1)C1=C(F)CCCC1. The standard InChI is InChI=1S/C12H19FN2O2/c1-9(10-4-2-3-5-11(10)13)17-12(16)15-7-6-14-8-15/h9,14H,2-8H2,1H3. The van der Waals surface area contributed by atoms with E-state index in [1.807, 2.05) is 0 Å². The van der Waals surface area contributed by atoms with Crippen molar-refractivity contribution in [3.8, 4) is 0 Å². The summed E-state index contributed by atoms with van der Waals surface area (Å²) < 4.78 is 18.9. The average Bonchev–Trinajstić information content (AvgIpc) is 2.82. The number of nitrogens with one attached hydrogen (secondary N) is 1. The van der Waals surface area contributed by atoms with Gasteiger partial charge < -0.3 is 4.74 Å². The molecule has 1 amide bonds. The van der Waals surface area contributed by atoms with Gasteiger partial charge in [-0.15, -0.1) is 0 Å². The Morgan fingerprint density at radius 2 is 2.24 bits per heavy atom. The molecule has 0 aromatic rings. The van der Waals surface area contributed by atoms with E-state index in [4.69, 9.17) is 4.74 Å². The lowest BCUT2D eigenvalue weighted by Gasteiger charge is -2.23. The number of ether oxygens (including phenoxy) is 1. The molecule has 5 heteroatoms. The van der Waals surface area contributed by atoms with Crippen LogP contribution in [0.1, 0.15) is 32.6 Å². The van der Waals surface area contributed by atoms with Crippen molar-refractivity contribution in [2.45, 2.75) is 38.7 Å². The minimum absolute atomic E-state index is 0.0869. The van der Waals surface area contributed by atoms with Crippen LogP contribution in [0.5, 0.6) is 0 Å². The van der Waals surface area contributed by atoms with E-state index in [2.05, 4.69) is 5.32 Å². The smallest absolute Gasteiger partial charge is 0.411 e. The lowest BCUT2D eigenvalue weighted by atomic mass is 9.95. The summed E-state index contributed by atoms with van der Waals surface area (Å²) in [5, 5.41) is 3.05. The van der Waals surface area contributed by atoms with Crippen molar-refractivity contribution in [2.75, 3.05) is 19.8 Å². The maximum absolute atomic E-state index is 13.6. The molecule has 1 atom stereocenters. The Morgan fingerprint density at radius 3 is 2.88 bits per heavy atom. The van der Waals surface area contributed by atoms with Crippen molar-refractivity contribution in [3.05, 3.63) is 11.4 Å². The van der Waals surface area contributed by atoms with E-state index in [1.165, 1.54) is 0 Å². The zero-order valence-electron chi connectivity index (χ0n) is 10.2. The fourth-order valence-electron chi connectivity index (χ4n) is 2.28. The van der Waals surface area contributed by atoms with Crippen molar-refractivity contribution < 1.29 is 13.9 Å². The number of allylic oxidation sites excluding steroid dienone is 1. The third-order valence-electron chi connectivity index (χ3n) is 3.33. The van der Waals surface area contributed by atoms with Crippen LogP contribution >= 0.6 is 0 Å². The number of carbonyl (C=O) groups excluding carboxylic acids is 1. The van der Waals surface area contributed by atoms with Crippen LogP contribution in [0.15, 0.2) is 11.4 Å². The van der Waals surface area contributed by atoms with Crippen LogP contribution in [-0.2, 0) is 4.74 Å². The molecular weight excluding hydrogens is 223 g/mol. The van der Waals surface area contributed by atoms with Crippen LogP contribution in [0.2, 0.25) is 0 Å². The molecule has 2 aliphatic rings. The number of amides is 1. The minimum atomic E-state index is -0.441. The average molecular weight is 242 g/mol. The number of nitrogens with zero attached hydrogens (tertiary/aromatic N) is 1. The highest BCUT2D eigenvalue weighted by atomic mass is 19.1.